The number of ether oxygens (including phenoxy) is 1. The molecule has 0 aromatic carbocycles. The predicted molar refractivity (Wildman–Crippen MR) is 75.9 cm³/mol. The van der Waals surface area contributed by atoms with E-state index in [1.54, 1.807) is 23.2 Å². The molecule has 0 radical (unpaired) electrons. The lowest BCUT2D eigenvalue weighted by atomic mass is 10.1. The van der Waals surface area contributed by atoms with Crippen LogP contribution in [0, 0.1) is 0 Å². The Hall–Kier alpha value is -1.66. The molecule has 1 aliphatic heterocycles. The second kappa shape index (κ2) is 6.19. The van der Waals surface area contributed by atoms with Gasteiger partial charge in [-0.3, -0.25) is 4.79 Å². The number of nitrogens with zero attached hydrogens (tertiary/aromatic N) is 3. The van der Waals surface area contributed by atoms with Crippen LogP contribution in [0.1, 0.15) is 17.3 Å². The average molecular weight is 279 g/mol. The van der Waals surface area contributed by atoms with Crippen molar-refractivity contribution < 1.29 is 14.6 Å². The summed E-state index contributed by atoms with van der Waals surface area (Å²) in [5.41, 5.74) is 0.606. The molecule has 1 aromatic heterocycles. The van der Waals surface area contributed by atoms with E-state index in [2.05, 4.69) is 4.98 Å². The van der Waals surface area contributed by atoms with E-state index in [0.717, 1.165) is 5.82 Å². The van der Waals surface area contributed by atoms with Gasteiger partial charge in [0.15, 0.2) is 0 Å². The molecular formula is C14H21N3O3. The third-order valence-corrected chi connectivity index (χ3v) is 3.42. The molecule has 0 bridgehead atoms. The molecule has 0 saturated carbocycles. The molecule has 2 unspecified atom stereocenters. The first kappa shape index (κ1) is 14.7. The SMILES string of the molecule is CC1COC(CO)CN1C(=O)c1ccnc(N(C)C)c1. The first-order chi connectivity index (χ1) is 9.52. The lowest BCUT2D eigenvalue weighted by Gasteiger charge is -2.37. The number of carbonyl (C=O) groups excluding carboxylic acids is 1. The highest BCUT2D eigenvalue weighted by molar-refractivity contribution is 5.95. The van der Waals surface area contributed by atoms with Crippen LogP contribution < -0.4 is 4.90 Å². The molecule has 20 heavy (non-hydrogen) atoms. The molecule has 1 fully saturated rings. The van der Waals surface area contributed by atoms with E-state index in [-0.39, 0.29) is 24.7 Å². The lowest BCUT2D eigenvalue weighted by Crippen LogP contribution is -2.52. The number of rotatable bonds is 3. The Bertz CT molecular complexity index is 478. The van der Waals surface area contributed by atoms with Crippen molar-refractivity contribution in [3.8, 4) is 0 Å². The number of aromatic nitrogens is 1. The van der Waals surface area contributed by atoms with Gasteiger partial charge in [0.25, 0.3) is 5.91 Å². The molecule has 1 amide bonds. The zero-order valence-electron chi connectivity index (χ0n) is 12.1. The van der Waals surface area contributed by atoms with E-state index in [0.29, 0.717) is 18.7 Å². The molecule has 1 saturated heterocycles. The fraction of sp³-hybridized carbons (Fsp3) is 0.571. The maximum absolute atomic E-state index is 12.6. The summed E-state index contributed by atoms with van der Waals surface area (Å²) in [4.78, 5) is 20.4. The van der Waals surface area contributed by atoms with Crippen molar-refractivity contribution in [1.29, 1.82) is 0 Å². The van der Waals surface area contributed by atoms with Crippen LogP contribution in [-0.2, 0) is 4.74 Å². The van der Waals surface area contributed by atoms with E-state index in [1.807, 2.05) is 25.9 Å². The van der Waals surface area contributed by atoms with Gasteiger partial charge in [0.1, 0.15) is 5.82 Å². The Kier molecular flexibility index (Phi) is 4.57. The predicted octanol–water partition coefficient (Wildman–Crippen LogP) is 0.369. The minimum Gasteiger partial charge on any atom is -0.394 e. The van der Waals surface area contributed by atoms with Crippen molar-refractivity contribution in [3.63, 3.8) is 0 Å². The number of aliphatic hydroxyl groups excluding tert-OH is 1. The van der Waals surface area contributed by atoms with Gasteiger partial charge in [-0.05, 0) is 19.1 Å². The molecule has 2 atom stereocenters. The summed E-state index contributed by atoms with van der Waals surface area (Å²) in [6, 6.07) is 3.49. The van der Waals surface area contributed by atoms with Crippen LogP contribution in [0.4, 0.5) is 5.82 Å². The molecule has 1 aliphatic rings. The van der Waals surface area contributed by atoms with Gasteiger partial charge < -0.3 is 19.6 Å². The third-order valence-electron chi connectivity index (χ3n) is 3.42. The number of anilines is 1. The Balaban J connectivity index is 2.19. The van der Waals surface area contributed by atoms with Crippen molar-refractivity contribution in [2.45, 2.75) is 19.1 Å². The van der Waals surface area contributed by atoms with Crippen molar-refractivity contribution in [1.82, 2.24) is 9.88 Å². The Morgan fingerprint density at radius 1 is 1.60 bits per heavy atom. The minimum absolute atomic E-state index is 0.00118. The highest BCUT2D eigenvalue weighted by atomic mass is 16.5. The van der Waals surface area contributed by atoms with Crippen LogP contribution in [0.3, 0.4) is 0 Å². The third kappa shape index (κ3) is 3.08. The van der Waals surface area contributed by atoms with Crippen LogP contribution in [0.5, 0.6) is 0 Å². The van der Waals surface area contributed by atoms with Gasteiger partial charge in [0.05, 0.1) is 25.4 Å². The van der Waals surface area contributed by atoms with Crippen LogP contribution in [0.15, 0.2) is 18.3 Å². The molecule has 0 aliphatic carbocycles. The van der Waals surface area contributed by atoms with E-state index < -0.39 is 0 Å². The van der Waals surface area contributed by atoms with Crippen molar-refractivity contribution >= 4 is 11.7 Å². The summed E-state index contributed by atoms with van der Waals surface area (Å²) in [6.07, 6.45) is 1.34. The maximum atomic E-state index is 12.6. The molecule has 1 N–H and O–H groups in total. The number of amides is 1. The molecule has 2 heterocycles. The zero-order chi connectivity index (χ0) is 14.7. The summed E-state index contributed by atoms with van der Waals surface area (Å²) < 4.78 is 5.45. The van der Waals surface area contributed by atoms with Crippen LogP contribution in [-0.4, -0.2) is 66.9 Å². The van der Waals surface area contributed by atoms with Gasteiger partial charge in [-0.25, -0.2) is 4.98 Å². The second-order valence-electron chi connectivity index (χ2n) is 5.24. The highest BCUT2D eigenvalue weighted by Crippen LogP contribution is 2.17. The summed E-state index contributed by atoms with van der Waals surface area (Å²) in [5.74, 6) is 0.695. The first-order valence-corrected chi connectivity index (χ1v) is 6.69. The smallest absolute Gasteiger partial charge is 0.254 e. The van der Waals surface area contributed by atoms with E-state index >= 15 is 0 Å². The molecular weight excluding hydrogens is 258 g/mol. The number of morpholine rings is 1. The van der Waals surface area contributed by atoms with Gasteiger partial charge in [-0.15, -0.1) is 0 Å². The summed E-state index contributed by atoms with van der Waals surface area (Å²) in [7, 11) is 3.77. The van der Waals surface area contributed by atoms with Gasteiger partial charge in [0, 0.05) is 32.4 Å². The monoisotopic (exact) mass is 279 g/mol. The largest absolute Gasteiger partial charge is 0.394 e. The number of hydrogen-bond donors (Lipinski definition) is 1. The van der Waals surface area contributed by atoms with Gasteiger partial charge in [0.2, 0.25) is 0 Å². The minimum atomic E-state index is -0.301. The Labute approximate surface area is 119 Å². The van der Waals surface area contributed by atoms with Crippen molar-refractivity contribution in [2.24, 2.45) is 0 Å². The fourth-order valence-electron chi connectivity index (χ4n) is 2.17. The molecule has 0 spiro atoms. The number of hydrogen-bond acceptors (Lipinski definition) is 5. The second-order valence-corrected chi connectivity index (χ2v) is 5.24. The zero-order valence-corrected chi connectivity index (χ0v) is 12.1. The van der Waals surface area contributed by atoms with Crippen LogP contribution >= 0.6 is 0 Å². The maximum Gasteiger partial charge on any atom is 0.254 e. The Morgan fingerprint density at radius 2 is 2.35 bits per heavy atom. The molecule has 2 rings (SSSR count). The summed E-state index contributed by atoms with van der Waals surface area (Å²) in [6.45, 7) is 2.73. The van der Waals surface area contributed by atoms with Crippen molar-refractivity contribution in [3.05, 3.63) is 23.9 Å². The lowest BCUT2D eigenvalue weighted by molar-refractivity contribution is -0.0667. The average Bonchev–Trinajstić information content (AvgIpc) is 2.47. The quantitative estimate of drug-likeness (QED) is 0.866. The number of pyridine rings is 1. The Morgan fingerprint density at radius 3 is 3.00 bits per heavy atom. The topological polar surface area (TPSA) is 65.9 Å². The van der Waals surface area contributed by atoms with Gasteiger partial charge >= 0.3 is 0 Å². The molecule has 6 nitrogen and oxygen atoms in total. The van der Waals surface area contributed by atoms with Gasteiger partial charge in [-0.2, -0.15) is 0 Å². The van der Waals surface area contributed by atoms with Crippen LogP contribution in [0.25, 0.3) is 0 Å². The standard InChI is InChI=1S/C14H21N3O3/c1-10-9-20-12(8-18)7-17(10)14(19)11-4-5-15-13(6-11)16(2)3/h4-6,10,12,18H,7-9H2,1-3H3. The number of aliphatic hydroxyl groups is 1. The first-order valence-electron chi connectivity index (χ1n) is 6.69. The molecule has 6 heteroatoms. The molecule has 1 aromatic rings. The fourth-order valence-corrected chi connectivity index (χ4v) is 2.17. The number of carbonyl (C=O) groups is 1. The summed E-state index contributed by atoms with van der Waals surface area (Å²) >= 11 is 0. The van der Waals surface area contributed by atoms with E-state index in [4.69, 9.17) is 4.74 Å². The normalized spacial score (nSPS) is 22.7. The van der Waals surface area contributed by atoms with Crippen LogP contribution in [0.2, 0.25) is 0 Å². The van der Waals surface area contributed by atoms with Gasteiger partial charge in [-0.1, -0.05) is 0 Å². The van der Waals surface area contributed by atoms with Crippen molar-refractivity contribution in [2.75, 3.05) is 38.8 Å². The summed E-state index contributed by atoms with van der Waals surface area (Å²) in [5, 5.41) is 9.18. The van der Waals surface area contributed by atoms with E-state index in [9.17, 15) is 9.90 Å². The molecule has 110 valence electrons. The highest BCUT2D eigenvalue weighted by Gasteiger charge is 2.30. The van der Waals surface area contributed by atoms with E-state index in [1.165, 1.54) is 0 Å².